The maximum atomic E-state index is 13.5. The molecule has 0 atom stereocenters. The molecule has 1 fully saturated rings. The van der Waals surface area contributed by atoms with Crippen LogP contribution in [0, 0.1) is 11.6 Å². The molecule has 2 rings (SSSR count). The smallest absolute Gasteiger partial charge is 0.406 e. The predicted molar refractivity (Wildman–Crippen MR) is 68.7 cm³/mol. The molecule has 0 unspecified atom stereocenters. The molecule has 1 aliphatic rings. The number of thioether (sulfide) groups is 1. The van der Waals surface area contributed by atoms with E-state index in [2.05, 4.69) is 20.3 Å². The number of rotatable bonds is 3. The summed E-state index contributed by atoms with van der Waals surface area (Å²) in [6.45, 7) is 0. The number of alkyl halides is 3. The Bertz CT molecular complexity index is 637. The number of carbonyl (C=O) groups is 1. The minimum atomic E-state index is -5.06. The number of amides is 1. The third-order valence-electron chi connectivity index (χ3n) is 2.21. The summed E-state index contributed by atoms with van der Waals surface area (Å²) < 4.78 is 66.4. The monoisotopic (exact) mass is 339 g/mol. The number of hydrogen-bond acceptors (Lipinski definition) is 5. The van der Waals surface area contributed by atoms with Gasteiger partial charge in [-0.1, -0.05) is 11.8 Å². The van der Waals surface area contributed by atoms with Crippen LogP contribution in [-0.4, -0.2) is 29.4 Å². The summed E-state index contributed by atoms with van der Waals surface area (Å²) in [5.41, 5.74) is -0.687. The highest BCUT2D eigenvalue weighted by molar-refractivity contribution is 8.15. The van der Waals surface area contributed by atoms with Gasteiger partial charge in [-0.2, -0.15) is 5.10 Å². The molecular formula is C11H6F5N3O2S. The van der Waals surface area contributed by atoms with Gasteiger partial charge in [0.05, 0.1) is 17.5 Å². The van der Waals surface area contributed by atoms with Gasteiger partial charge in [-0.05, 0) is 0 Å². The molecule has 0 bridgehead atoms. The zero-order chi connectivity index (χ0) is 16.3. The number of benzene rings is 1. The third kappa shape index (κ3) is 4.41. The van der Waals surface area contributed by atoms with Gasteiger partial charge in [0.2, 0.25) is 5.91 Å². The molecule has 1 N–H and O–H groups in total. The number of hydrogen-bond donors (Lipinski definition) is 1. The van der Waals surface area contributed by atoms with Gasteiger partial charge in [-0.3, -0.25) is 4.79 Å². The Morgan fingerprint density at radius 1 is 1.27 bits per heavy atom. The van der Waals surface area contributed by atoms with Gasteiger partial charge in [0.15, 0.2) is 5.17 Å². The molecule has 1 aromatic carbocycles. The number of nitrogens with zero attached hydrogens (tertiary/aromatic N) is 2. The Morgan fingerprint density at radius 3 is 2.41 bits per heavy atom. The zero-order valence-electron chi connectivity index (χ0n) is 10.4. The van der Waals surface area contributed by atoms with Gasteiger partial charge in [0, 0.05) is 12.1 Å². The second-order valence-electron chi connectivity index (χ2n) is 3.83. The standard InChI is InChI=1S/C11H6F5N3O2S/c12-7-1-5(21-11(14,15)16)2-8(13)6(7)3-17-19-10-18-9(20)4-22-10/h1-3H,4H2,(H,18,19,20). The van der Waals surface area contributed by atoms with Crippen molar-refractivity contribution in [3.8, 4) is 5.75 Å². The molecular weight excluding hydrogens is 333 g/mol. The van der Waals surface area contributed by atoms with Crippen LogP contribution in [0.4, 0.5) is 22.0 Å². The summed E-state index contributed by atoms with van der Waals surface area (Å²) >= 11 is 1.05. The fraction of sp³-hybridized carbons (Fsp3) is 0.182. The lowest BCUT2D eigenvalue weighted by atomic mass is 10.2. The largest absolute Gasteiger partial charge is 0.573 e. The minimum absolute atomic E-state index is 0.152. The molecule has 1 aromatic rings. The van der Waals surface area contributed by atoms with Crippen molar-refractivity contribution in [2.45, 2.75) is 6.36 Å². The summed E-state index contributed by atoms with van der Waals surface area (Å²) in [6, 6.07) is 0.744. The van der Waals surface area contributed by atoms with E-state index in [0.717, 1.165) is 11.8 Å². The van der Waals surface area contributed by atoms with Crippen molar-refractivity contribution < 1.29 is 31.5 Å². The molecule has 0 aliphatic carbocycles. The highest BCUT2D eigenvalue weighted by atomic mass is 32.2. The average Bonchev–Trinajstić information content (AvgIpc) is 2.76. The highest BCUT2D eigenvalue weighted by Gasteiger charge is 2.31. The zero-order valence-corrected chi connectivity index (χ0v) is 11.3. The van der Waals surface area contributed by atoms with Crippen LogP contribution in [0.2, 0.25) is 0 Å². The van der Waals surface area contributed by atoms with E-state index in [0.29, 0.717) is 18.3 Å². The average molecular weight is 339 g/mol. The first kappa shape index (κ1) is 16.2. The lowest BCUT2D eigenvalue weighted by molar-refractivity contribution is -0.274. The predicted octanol–water partition coefficient (Wildman–Crippen LogP) is 2.42. The van der Waals surface area contributed by atoms with E-state index in [1.165, 1.54) is 0 Å². The van der Waals surface area contributed by atoms with Crippen LogP contribution in [0.25, 0.3) is 0 Å². The molecule has 1 aliphatic heterocycles. The number of ether oxygens (including phenoxy) is 1. The van der Waals surface area contributed by atoms with Crippen LogP contribution in [0.1, 0.15) is 5.56 Å². The normalized spacial score (nSPS) is 17.3. The molecule has 0 radical (unpaired) electrons. The van der Waals surface area contributed by atoms with E-state index in [1.807, 2.05) is 0 Å². The Kier molecular flexibility index (Phi) is 4.64. The summed E-state index contributed by atoms with van der Waals surface area (Å²) in [7, 11) is 0. The molecule has 1 saturated heterocycles. The maximum Gasteiger partial charge on any atom is 0.573 e. The van der Waals surface area contributed by atoms with Crippen molar-refractivity contribution in [2.75, 3.05) is 5.75 Å². The molecule has 0 saturated carbocycles. The Balaban J connectivity index is 2.16. The van der Waals surface area contributed by atoms with Gasteiger partial charge in [-0.15, -0.1) is 18.3 Å². The van der Waals surface area contributed by atoms with Crippen molar-refractivity contribution in [3.05, 3.63) is 29.3 Å². The van der Waals surface area contributed by atoms with Gasteiger partial charge >= 0.3 is 6.36 Å². The SMILES string of the molecule is O=C1CSC(=NN=Cc2c(F)cc(OC(F)(F)F)cc2F)N1. The topological polar surface area (TPSA) is 63.0 Å². The van der Waals surface area contributed by atoms with Crippen LogP contribution in [0.3, 0.4) is 0 Å². The van der Waals surface area contributed by atoms with Crippen molar-refractivity contribution in [1.82, 2.24) is 5.32 Å². The Morgan fingerprint density at radius 2 is 1.91 bits per heavy atom. The van der Waals surface area contributed by atoms with E-state index in [9.17, 15) is 26.7 Å². The Labute approximate surface area is 124 Å². The van der Waals surface area contributed by atoms with Crippen molar-refractivity contribution in [3.63, 3.8) is 0 Å². The lowest BCUT2D eigenvalue weighted by Crippen LogP contribution is -2.19. The van der Waals surface area contributed by atoms with Gasteiger partial charge in [0.1, 0.15) is 17.4 Å². The number of amidine groups is 1. The van der Waals surface area contributed by atoms with Gasteiger partial charge in [0.25, 0.3) is 0 Å². The van der Waals surface area contributed by atoms with Crippen molar-refractivity contribution >= 4 is 29.1 Å². The molecule has 1 amide bonds. The van der Waals surface area contributed by atoms with Gasteiger partial charge < -0.3 is 10.1 Å². The molecule has 1 heterocycles. The molecule has 22 heavy (non-hydrogen) atoms. The summed E-state index contributed by atoms with van der Waals surface area (Å²) in [6.07, 6.45) is -4.38. The van der Waals surface area contributed by atoms with Crippen LogP contribution in [0.15, 0.2) is 22.3 Å². The number of carbonyl (C=O) groups excluding carboxylic acids is 1. The van der Waals surface area contributed by atoms with Crippen LogP contribution in [0.5, 0.6) is 5.75 Å². The van der Waals surface area contributed by atoms with Crippen LogP contribution >= 0.6 is 11.8 Å². The molecule has 0 spiro atoms. The Hall–Kier alpha value is -2.17. The van der Waals surface area contributed by atoms with E-state index in [1.54, 1.807) is 0 Å². The third-order valence-corrected chi connectivity index (χ3v) is 3.07. The molecule has 0 aromatic heterocycles. The number of nitrogens with one attached hydrogen (secondary N) is 1. The van der Waals surface area contributed by atoms with Crippen molar-refractivity contribution in [2.24, 2.45) is 10.2 Å². The van der Waals surface area contributed by atoms with Crippen molar-refractivity contribution in [1.29, 1.82) is 0 Å². The lowest BCUT2D eigenvalue weighted by Gasteiger charge is -2.09. The first-order chi connectivity index (χ1) is 10.2. The number of halogens is 5. The fourth-order valence-corrected chi connectivity index (χ4v) is 2.03. The second kappa shape index (κ2) is 6.30. The molecule has 5 nitrogen and oxygen atoms in total. The fourth-order valence-electron chi connectivity index (χ4n) is 1.40. The van der Waals surface area contributed by atoms with E-state index in [4.69, 9.17) is 0 Å². The summed E-state index contributed by atoms with van der Waals surface area (Å²) in [5.74, 6) is -3.76. The first-order valence-corrected chi connectivity index (χ1v) is 6.51. The summed E-state index contributed by atoms with van der Waals surface area (Å²) in [5, 5.41) is 9.36. The van der Waals surface area contributed by atoms with Crippen LogP contribution < -0.4 is 10.1 Å². The van der Waals surface area contributed by atoms with Gasteiger partial charge in [-0.25, -0.2) is 8.78 Å². The van der Waals surface area contributed by atoms with E-state index in [-0.39, 0.29) is 16.8 Å². The maximum absolute atomic E-state index is 13.5. The quantitative estimate of drug-likeness (QED) is 0.523. The first-order valence-electron chi connectivity index (χ1n) is 5.53. The highest BCUT2D eigenvalue weighted by Crippen LogP contribution is 2.26. The molecule has 11 heteroatoms. The minimum Gasteiger partial charge on any atom is -0.406 e. The van der Waals surface area contributed by atoms with Crippen LogP contribution in [-0.2, 0) is 4.79 Å². The van der Waals surface area contributed by atoms with E-state index < -0.39 is 29.3 Å². The summed E-state index contributed by atoms with van der Waals surface area (Å²) in [4.78, 5) is 10.9. The second-order valence-corrected chi connectivity index (χ2v) is 4.80. The van der Waals surface area contributed by atoms with E-state index >= 15 is 0 Å². The molecule has 118 valence electrons.